The van der Waals surface area contributed by atoms with Crippen LogP contribution in [0, 0.1) is 18.6 Å². The summed E-state index contributed by atoms with van der Waals surface area (Å²) in [5, 5.41) is 11.8. The minimum Gasteiger partial charge on any atom is -0.384 e. The molecule has 0 amide bonds. The molecule has 2 aromatic rings. The lowest BCUT2D eigenvalue weighted by Crippen LogP contribution is -2.01. The zero-order valence-corrected chi connectivity index (χ0v) is 9.39. The zero-order chi connectivity index (χ0) is 11.7. The summed E-state index contributed by atoms with van der Waals surface area (Å²) < 4.78 is 25.7. The second kappa shape index (κ2) is 4.31. The van der Waals surface area contributed by atoms with Crippen molar-refractivity contribution in [2.75, 3.05) is 0 Å². The predicted octanol–water partition coefficient (Wildman–Crippen LogP) is 3.42. The van der Waals surface area contributed by atoms with Crippen molar-refractivity contribution < 1.29 is 13.9 Å². The first-order chi connectivity index (χ1) is 7.59. The van der Waals surface area contributed by atoms with Gasteiger partial charge in [-0.25, -0.2) is 8.78 Å². The summed E-state index contributed by atoms with van der Waals surface area (Å²) in [7, 11) is 0. The summed E-state index contributed by atoms with van der Waals surface area (Å²) >= 11 is 1.51. The SMILES string of the molecule is Cc1sccc1C(O)c1ccc(F)c(F)c1. The van der Waals surface area contributed by atoms with E-state index in [9.17, 15) is 13.9 Å². The van der Waals surface area contributed by atoms with Crippen molar-refractivity contribution >= 4 is 11.3 Å². The molecule has 1 aromatic heterocycles. The van der Waals surface area contributed by atoms with Crippen LogP contribution in [0.2, 0.25) is 0 Å². The Morgan fingerprint density at radius 3 is 2.50 bits per heavy atom. The third kappa shape index (κ3) is 1.99. The first-order valence-corrected chi connectivity index (χ1v) is 5.64. The van der Waals surface area contributed by atoms with E-state index in [-0.39, 0.29) is 0 Å². The minimum absolute atomic E-state index is 0.361. The zero-order valence-electron chi connectivity index (χ0n) is 8.58. The molecule has 1 unspecified atom stereocenters. The molecule has 1 aromatic carbocycles. The monoisotopic (exact) mass is 240 g/mol. The standard InChI is InChI=1S/C12H10F2OS/c1-7-9(4-5-16-7)12(15)8-2-3-10(13)11(14)6-8/h2-6,12,15H,1H3. The molecular formula is C12H10F2OS. The Morgan fingerprint density at radius 1 is 1.19 bits per heavy atom. The molecule has 0 fully saturated rings. The van der Waals surface area contributed by atoms with Crippen molar-refractivity contribution in [3.8, 4) is 0 Å². The molecule has 0 aliphatic rings. The summed E-state index contributed by atoms with van der Waals surface area (Å²) in [6.07, 6.45) is -0.902. The predicted molar refractivity (Wildman–Crippen MR) is 59.5 cm³/mol. The van der Waals surface area contributed by atoms with Gasteiger partial charge in [-0.15, -0.1) is 11.3 Å². The number of aryl methyl sites for hydroxylation is 1. The normalized spacial score (nSPS) is 12.8. The van der Waals surface area contributed by atoms with Crippen molar-refractivity contribution in [3.05, 3.63) is 57.3 Å². The molecule has 0 aliphatic carbocycles. The van der Waals surface area contributed by atoms with Crippen LogP contribution in [0.1, 0.15) is 22.1 Å². The van der Waals surface area contributed by atoms with Crippen molar-refractivity contribution in [1.29, 1.82) is 0 Å². The molecule has 4 heteroatoms. The maximum absolute atomic E-state index is 13.0. The van der Waals surface area contributed by atoms with Crippen LogP contribution < -0.4 is 0 Å². The lowest BCUT2D eigenvalue weighted by molar-refractivity contribution is 0.219. The summed E-state index contributed by atoms with van der Waals surface area (Å²) in [5.41, 5.74) is 1.09. The van der Waals surface area contributed by atoms with Crippen molar-refractivity contribution in [3.63, 3.8) is 0 Å². The maximum Gasteiger partial charge on any atom is 0.159 e. The number of thiophene rings is 1. The Bertz CT molecular complexity index is 507. The van der Waals surface area contributed by atoms with E-state index in [4.69, 9.17) is 0 Å². The minimum atomic E-state index is -0.940. The van der Waals surface area contributed by atoms with Crippen LogP contribution in [-0.4, -0.2) is 5.11 Å². The van der Waals surface area contributed by atoms with Gasteiger partial charge < -0.3 is 5.11 Å². The molecule has 0 spiro atoms. The van der Waals surface area contributed by atoms with Crippen LogP contribution in [0.3, 0.4) is 0 Å². The molecule has 1 heterocycles. The van der Waals surface area contributed by atoms with E-state index in [1.54, 1.807) is 6.07 Å². The third-order valence-electron chi connectivity index (χ3n) is 2.45. The van der Waals surface area contributed by atoms with Gasteiger partial charge in [0.2, 0.25) is 0 Å². The van der Waals surface area contributed by atoms with Crippen LogP contribution in [0.5, 0.6) is 0 Å². The van der Waals surface area contributed by atoms with Gasteiger partial charge in [0, 0.05) is 4.88 Å². The van der Waals surface area contributed by atoms with Gasteiger partial charge in [0.25, 0.3) is 0 Å². The van der Waals surface area contributed by atoms with Gasteiger partial charge in [0.05, 0.1) is 0 Å². The van der Waals surface area contributed by atoms with Gasteiger partial charge in [0.15, 0.2) is 11.6 Å². The van der Waals surface area contributed by atoms with Gasteiger partial charge in [-0.2, -0.15) is 0 Å². The molecule has 0 saturated carbocycles. The van der Waals surface area contributed by atoms with Gasteiger partial charge in [-0.3, -0.25) is 0 Å². The maximum atomic E-state index is 13.0. The highest BCUT2D eigenvalue weighted by Gasteiger charge is 2.15. The molecule has 16 heavy (non-hydrogen) atoms. The lowest BCUT2D eigenvalue weighted by Gasteiger charge is -2.11. The Hall–Kier alpha value is -1.26. The number of rotatable bonds is 2. The van der Waals surface area contributed by atoms with Crippen molar-refractivity contribution in [1.82, 2.24) is 0 Å². The third-order valence-corrected chi connectivity index (χ3v) is 3.31. The topological polar surface area (TPSA) is 20.2 Å². The number of halogens is 2. The molecule has 1 N–H and O–H groups in total. The van der Waals surface area contributed by atoms with Gasteiger partial charge >= 0.3 is 0 Å². The fourth-order valence-corrected chi connectivity index (χ4v) is 2.28. The molecule has 0 saturated heterocycles. The lowest BCUT2D eigenvalue weighted by atomic mass is 10.0. The number of aliphatic hydroxyl groups is 1. The van der Waals surface area contributed by atoms with Crippen LogP contribution in [0.25, 0.3) is 0 Å². The van der Waals surface area contributed by atoms with Gasteiger partial charge in [-0.05, 0) is 41.6 Å². The fourth-order valence-electron chi connectivity index (χ4n) is 1.54. The van der Waals surface area contributed by atoms with Gasteiger partial charge in [0.1, 0.15) is 6.10 Å². The Labute approximate surface area is 96.0 Å². The average Bonchev–Trinajstić information content (AvgIpc) is 2.67. The molecule has 0 aliphatic heterocycles. The number of aliphatic hydroxyl groups excluding tert-OH is 1. The highest BCUT2D eigenvalue weighted by molar-refractivity contribution is 7.10. The van der Waals surface area contributed by atoms with Crippen molar-refractivity contribution in [2.24, 2.45) is 0 Å². The summed E-state index contributed by atoms with van der Waals surface area (Å²) in [4.78, 5) is 0.970. The van der Waals surface area contributed by atoms with E-state index >= 15 is 0 Å². The molecule has 84 valence electrons. The van der Waals surface area contributed by atoms with E-state index in [0.717, 1.165) is 22.6 Å². The average molecular weight is 240 g/mol. The first kappa shape index (κ1) is 11.2. The quantitative estimate of drug-likeness (QED) is 0.852. The van der Waals surface area contributed by atoms with Crippen LogP contribution in [-0.2, 0) is 0 Å². The molecule has 2 rings (SSSR count). The fraction of sp³-hybridized carbons (Fsp3) is 0.167. The van der Waals surface area contributed by atoms with Crippen molar-refractivity contribution in [2.45, 2.75) is 13.0 Å². The van der Waals surface area contributed by atoms with Gasteiger partial charge in [-0.1, -0.05) is 6.07 Å². The first-order valence-electron chi connectivity index (χ1n) is 4.76. The van der Waals surface area contributed by atoms with E-state index in [1.807, 2.05) is 12.3 Å². The van der Waals surface area contributed by atoms with Crippen LogP contribution in [0.4, 0.5) is 8.78 Å². The second-order valence-electron chi connectivity index (χ2n) is 3.51. The molecule has 1 atom stereocenters. The number of hydrogen-bond acceptors (Lipinski definition) is 2. The van der Waals surface area contributed by atoms with Crippen LogP contribution >= 0.6 is 11.3 Å². The number of benzene rings is 1. The van der Waals surface area contributed by atoms with Crippen LogP contribution in [0.15, 0.2) is 29.6 Å². The second-order valence-corrected chi connectivity index (χ2v) is 4.63. The highest BCUT2D eigenvalue weighted by atomic mass is 32.1. The number of hydrogen-bond donors (Lipinski definition) is 1. The Balaban J connectivity index is 2.38. The molecule has 0 bridgehead atoms. The molecule has 0 radical (unpaired) electrons. The highest BCUT2D eigenvalue weighted by Crippen LogP contribution is 2.28. The summed E-state index contributed by atoms with van der Waals surface area (Å²) in [5.74, 6) is -1.84. The molecular weight excluding hydrogens is 230 g/mol. The Morgan fingerprint density at radius 2 is 1.94 bits per heavy atom. The largest absolute Gasteiger partial charge is 0.384 e. The van der Waals surface area contributed by atoms with E-state index in [0.29, 0.717) is 5.56 Å². The van der Waals surface area contributed by atoms with E-state index in [2.05, 4.69) is 0 Å². The Kier molecular flexibility index (Phi) is 3.03. The molecule has 1 nitrogen and oxygen atoms in total. The van der Waals surface area contributed by atoms with E-state index in [1.165, 1.54) is 17.4 Å². The summed E-state index contributed by atoms with van der Waals surface area (Å²) in [6, 6.07) is 5.22. The summed E-state index contributed by atoms with van der Waals surface area (Å²) in [6.45, 7) is 1.88. The van der Waals surface area contributed by atoms with E-state index < -0.39 is 17.7 Å². The smallest absolute Gasteiger partial charge is 0.159 e.